The Morgan fingerprint density at radius 3 is 2.36 bits per heavy atom. The van der Waals surface area contributed by atoms with Crippen molar-refractivity contribution in [2.45, 2.75) is 18.4 Å². The van der Waals surface area contributed by atoms with Crippen molar-refractivity contribution in [3.8, 4) is 0 Å². The zero-order valence-electron chi connectivity index (χ0n) is 8.72. The second-order valence-corrected chi connectivity index (χ2v) is 3.95. The van der Waals surface area contributed by atoms with Crippen LogP contribution in [0, 0.1) is 0 Å². The predicted molar refractivity (Wildman–Crippen MR) is 59.3 cm³/mol. The molecule has 2 nitrogen and oxygen atoms in total. The molecule has 2 heteroatoms. The van der Waals surface area contributed by atoms with Gasteiger partial charge in [-0.1, -0.05) is 30.3 Å². The maximum Gasteiger partial charge on any atom is 0.0456 e. The van der Waals surface area contributed by atoms with E-state index in [2.05, 4.69) is 48.0 Å². The van der Waals surface area contributed by atoms with Crippen molar-refractivity contribution in [1.82, 2.24) is 10.6 Å². The summed E-state index contributed by atoms with van der Waals surface area (Å²) < 4.78 is 0. The summed E-state index contributed by atoms with van der Waals surface area (Å²) in [7, 11) is 2.07. The highest BCUT2D eigenvalue weighted by Crippen LogP contribution is 2.29. The van der Waals surface area contributed by atoms with Gasteiger partial charge >= 0.3 is 0 Å². The van der Waals surface area contributed by atoms with Crippen molar-refractivity contribution in [3.05, 3.63) is 35.9 Å². The third-order valence-electron chi connectivity index (χ3n) is 3.26. The first kappa shape index (κ1) is 9.69. The van der Waals surface area contributed by atoms with Gasteiger partial charge < -0.3 is 10.6 Å². The topological polar surface area (TPSA) is 24.1 Å². The minimum absolute atomic E-state index is 0.201. The van der Waals surface area contributed by atoms with Gasteiger partial charge in [-0.15, -0.1) is 0 Å². The molecule has 2 rings (SSSR count). The molecule has 0 spiro atoms. The van der Waals surface area contributed by atoms with E-state index in [1.807, 2.05) is 0 Å². The molecule has 2 N–H and O–H groups in total. The molecule has 1 aromatic carbocycles. The number of hydrogen-bond acceptors (Lipinski definition) is 2. The van der Waals surface area contributed by atoms with Gasteiger partial charge in [-0.3, -0.25) is 0 Å². The van der Waals surface area contributed by atoms with Crippen molar-refractivity contribution < 1.29 is 0 Å². The van der Waals surface area contributed by atoms with Gasteiger partial charge in [-0.2, -0.15) is 0 Å². The van der Waals surface area contributed by atoms with Gasteiger partial charge in [0.15, 0.2) is 0 Å². The second-order valence-electron chi connectivity index (χ2n) is 3.95. The van der Waals surface area contributed by atoms with Crippen LogP contribution in [0.3, 0.4) is 0 Å². The van der Waals surface area contributed by atoms with Crippen LogP contribution in [0.5, 0.6) is 0 Å². The molecule has 14 heavy (non-hydrogen) atoms. The van der Waals surface area contributed by atoms with E-state index in [0.29, 0.717) is 0 Å². The fraction of sp³-hybridized carbons (Fsp3) is 0.500. The SMILES string of the molecule is CNC1(c2ccccc2)CCNCC1. The minimum Gasteiger partial charge on any atom is -0.317 e. The molecule has 1 fully saturated rings. The van der Waals surface area contributed by atoms with Crippen LogP contribution in [0.15, 0.2) is 30.3 Å². The van der Waals surface area contributed by atoms with Crippen LogP contribution in [0.4, 0.5) is 0 Å². The second kappa shape index (κ2) is 4.11. The highest BCUT2D eigenvalue weighted by molar-refractivity contribution is 5.25. The zero-order chi connectivity index (χ0) is 9.86. The van der Waals surface area contributed by atoms with Crippen molar-refractivity contribution in [2.75, 3.05) is 20.1 Å². The van der Waals surface area contributed by atoms with Gasteiger partial charge in [0.1, 0.15) is 0 Å². The summed E-state index contributed by atoms with van der Waals surface area (Å²) in [6.45, 7) is 2.21. The van der Waals surface area contributed by atoms with Crippen LogP contribution in [-0.4, -0.2) is 20.1 Å². The number of nitrogens with one attached hydrogen (secondary N) is 2. The van der Waals surface area contributed by atoms with Crippen LogP contribution in [0.25, 0.3) is 0 Å². The molecule has 0 saturated carbocycles. The fourth-order valence-electron chi connectivity index (χ4n) is 2.29. The first-order valence-electron chi connectivity index (χ1n) is 5.32. The molecular formula is C12H18N2. The molecular weight excluding hydrogens is 172 g/mol. The Kier molecular flexibility index (Phi) is 2.85. The molecule has 76 valence electrons. The van der Waals surface area contributed by atoms with Crippen molar-refractivity contribution in [1.29, 1.82) is 0 Å². The first-order valence-corrected chi connectivity index (χ1v) is 5.32. The van der Waals surface area contributed by atoms with E-state index in [1.54, 1.807) is 0 Å². The molecule has 0 bridgehead atoms. The number of hydrogen-bond donors (Lipinski definition) is 2. The quantitative estimate of drug-likeness (QED) is 0.738. The molecule has 0 unspecified atom stereocenters. The van der Waals surface area contributed by atoms with Crippen molar-refractivity contribution in [3.63, 3.8) is 0 Å². The summed E-state index contributed by atoms with van der Waals surface area (Å²) in [5.74, 6) is 0. The molecule has 1 saturated heterocycles. The maximum absolute atomic E-state index is 3.49. The number of piperidine rings is 1. The molecule has 0 amide bonds. The van der Waals surface area contributed by atoms with E-state index in [0.717, 1.165) is 13.1 Å². The molecule has 1 aliphatic heterocycles. The van der Waals surface area contributed by atoms with Gasteiger partial charge in [0.2, 0.25) is 0 Å². The summed E-state index contributed by atoms with van der Waals surface area (Å²) in [6.07, 6.45) is 2.35. The lowest BCUT2D eigenvalue weighted by atomic mass is 9.82. The zero-order valence-corrected chi connectivity index (χ0v) is 8.72. The van der Waals surface area contributed by atoms with E-state index < -0.39 is 0 Å². The Balaban J connectivity index is 2.27. The first-order chi connectivity index (χ1) is 6.87. The fourth-order valence-corrected chi connectivity index (χ4v) is 2.29. The summed E-state index contributed by atoms with van der Waals surface area (Å²) in [4.78, 5) is 0. The molecule has 1 aromatic rings. The molecule has 1 aliphatic rings. The highest BCUT2D eigenvalue weighted by atomic mass is 15.0. The minimum atomic E-state index is 0.201. The average molecular weight is 190 g/mol. The lowest BCUT2D eigenvalue weighted by Crippen LogP contribution is -2.48. The Bertz CT molecular complexity index is 276. The van der Waals surface area contributed by atoms with E-state index >= 15 is 0 Å². The monoisotopic (exact) mass is 190 g/mol. The third-order valence-corrected chi connectivity index (χ3v) is 3.26. The van der Waals surface area contributed by atoms with E-state index in [1.165, 1.54) is 18.4 Å². The molecule has 1 heterocycles. The molecule has 0 aromatic heterocycles. The van der Waals surface area contributed by atoms with Gasteiger partial charge in [0, 0.05) is 5.54 Å². The number of rotatable bonds is 2. The van der Waals surface area contributed by atoms with Gasteiger partial charge in [-0.25, -0.2) is 0 Å². The summed E-state index contributed by atoms with van der Waals surface area (Å²) in [5, 5.41) is 6.90. The molecule has 0 aliphatic carbocycles. The van der Waals surface area contributed by atoms with Gasteiger partial charge in [-0.05, 0) is 38.5 Å². The van der Waals surface area contributed by atoms with E-state index in [4.69, 9.17) is 0 Å². The Labute approximate surface area is 85.7 Å². The Hall–Kier alpha value is -0.860. The van der Waals surface area contributed by atoms with Gasteiger partial charge in [0.05, 0.1) is 0 Å². The van der Waals surface area contributed by atoms with Crippen LogP contribution >= 0.6 is 0 Å². The van der Waals surface area contributed by atoms with Crippen LogP contribution < -0.4 is 10.6 Å². The standard InChI is InChI=1S/C12H18N2/c1-13-12(7-9-14-10-8-12)11-5-3-2-4-6-11/h2-6,13-14H,7-10H2,1H3. The highest BCUT2D eigenvalue weighted by Gasteiger charge is 2.31. The summed E-state index contributed by atoms with van der Waals surface area (Å²) in [5.41, 5.74) is 1.62. The van der Waals surface area contributed by atoms with E-state index in [9.17, 15) is 0 Å². The van der Waals surface area contributed by atoms with Gasteiger partial charge in [0.25, 0.3) is 0 Å². The van der Waals surface area contributed by atoms with Crippen molar-refractivity contribution >= 4 is 0 Å². The smallest absolute Gasteiger partial charge is 0.0456 e. The Morgan fingerprint density at radius 2 is 1.79 bits per heavy atom. The maximum atomic E-state index is 3.49. The van der Waals surface area contributed by atoms with Crippen molar-refractivity contribution in [2.24, 2.45) is 0 Å². The largest absolute Gasteiger partial charge is 0.317 e. The lowest BCUT2D eigenvalue weighted by Gasteiger charge is -2.38. The number of benzene rings is 1. The lowest BCUT2D eigenvalue weighted by molar-refractivity contribution is 0.263. The van der Waals surface area contributed by atoms with Crippen LogP contribution in [0.1, 0.15) is 18.4 Å². The third kappa shape index (κ3) is 1.68. The van der Waals surface area contributed by atoms with Crippen LogP contribution in [0.2, 0.25) is 0 Å². The predicted octanol–water partition coefficient (Wildman–Crippen LogP) is 1.48. The van der Waals surface area contributed by atoms with Crippen LogP contribution in [-0.2, 0) is 5.54 Å². The summed E-state index contributed by atoms with van der Waals surface area (Å²) >= 11 is 0. The summed E-state index contributed by atoms with van der Waals surface area (Å²) in [6, 6.07) is 10.8. The normalized spacial score (nSPS) is 20.6. The Morgan fingerprint density at radius 1 is 1.14 bits per heavy atom. The van der Waals surface area contributed by atoms with E-state index in [-0.39, 0.29) is 5.54 Å². The molecule has 0 radical (unpaired) electrons. The average Bonchev–Trinajstić information content (AvgIpc) is 2.31. The molecule has 0 atom stereocenters.